The van der Waals surface area contributed by atoms with Crippen molar-refractivity contribution in [3.8, 4) is 0 Å². The molecule has 1 amide bonds. The summed E-state index contributed by atoms with van der Waals surface area (Å²) < 4.78 is 0. The SMILES string of the molecule is CCC(CC)=NNC(=O)c1ccc(C(C)(C)C)cc1. The van der Waals surface area contributed by atoms with Crippen molar-refractivity contribution < 1.29 is 4.79 Å². The number of carbonyl (C=O) groups excluding carboxylic acids is 1. The molecule has 19 heavy (non-hydrogen) atoms. The predicted octanol–water partition coefficient (Wildman–Crippen LogP) is 3.89. The molecule has 0 bridgehead atoms. The molecule has 1 N–H and O–H groups in total. The van der Waals surface area contributed by atoms with Crippen LogP contribution in [0, 0.1) is 0 Å². The van der Waals surface area contributed by atoms with Gasteiger partial charge in [0, 0.05) is 11.3 Å². The van der Waals surface area contributed by atoms with E-state index in [2.05, 4.69) is 31.3 Å². The fourth-order valence-electron chi connectivity index (χ4n) is 1.72. The number of hydrogen-bond acceptors (Lipinski definition) is 2. The number of hydrazone groups is 1. The lowest BCUT2D eigenvalue weighted by atomic mass is 9.87. The molecular formula is C16H24N2O. The maximum Gasteiger partial charge on any atom is 0.271 e. The minimum absolute atomic E-state index is 0.102. The van der Waals surface area contributed by atoms with Gasteiger partial charge in [-0.05, 0) is 36.0 Å². The second-order valence-electron chi connectivity index (χ2n) is 5.65. The van der Waals surface area contributed by atoms with Gasteiger partial charge in [0.1, 0.15) is 0 Å². The Hall–Kier alpha value is -1.64. The first-order valence-electron chi connectivity index (χ1n) is 6.84. The van der Waals surface area contributed by atoms with Crippen LogP contribution in [0.1, 0.15) is 63.4 Å². The van der Waals surface area contributed by atoms with Gasteiger partial charge in [0.25, 0.3) is 5.91 Å². The Balaban J connectivity index is 2.76. The molecule has 0 heterocycles. The summed E-state index contributed by atoms with van der Waals surface area (Å²) in [5, 5.41) is 4.13. The first-order chi connectivity index (χ1) is 8.88. The third-order valence-corrected chi connectivity index (χ3v) is 3.14. The summed E-state index contributed by atoms with van der Waals surface area (Å²) in [6, 6.07) is 7.70. The van der Waals surface area contributed by atoms with Crippen molar-refractivity contribution in [2.45, 2.75) is 52.9 Å². The van der Waals surface area contributed by atoms with Gasteiger partial charge in [-0.1, -0.05) is 46.8 Å². The van der Waals surface area contributed by atoms with Crippen molar-refractivity contribution in [2.24, 2.45) is 5.10 Å². The van der Waals surface area contributed by atoms with E-state index in [1.807, 2.05) is 38.1 Å². The maximum absolute atomic E-state index is 11.9. The topological polar surface area (TPSA) is 41.5 Å². The van der Waals surface area contributed by atoms with E-state index in [9.17, 15) is 4.79 Å². The third-order valence-electron chi connectivity index (χ3n) is 3.14. The Morgan fingerprint density at radius 1 is 1.11 bits per heavy atom. The summed E-state index contributed by atoms with van der Waals surface area (Å²) >= 11 is 0. The number of rotatable bonds is 4. The van der Waals surface area contributed by atoms with Crippen LogP contribution in [-0.2, 0) is 5.41 Å². The van der Waals surface area contributed by atoms with E-state index in [1.54, 1.807) is 0 Å². The molecule has 0 saturated heterocycles. The van der Waals surface area contributed by atoms with E-state index in [0.717, 1.165) is 18.6 Å². The molecule has 0 aromatic heterocycles. The molecular weight excluding hydrogens is 236 g/mol. The van der Waals surface area contributed by atoms with Gasteiger partial charge in [-0.2, -0.15) is 5.10 Å². The molecule has 0 aliphatic rings. The van der Waals surface area contributed by atoms with Crippen molar-refractivity contribution in [1.82, 2.24) is 5.43 Å². The molecule has 104 valence electrons. The van der Waals surface area contributed by atoms with E-state index >= 15 is 0 Å². The number of amides is 1. The molecule has 0 spiro atoms. The number of nitrogens with one attached hydrogen (secondary N) is 1. The van der Waals surface area contributed by atoms with Gasteiger partial charge < -0.3 is 0 Å². The van der Waals surface area contributed by atoms with Crippen LogP contribution in [0.4, 0.5) is 0 Å². The predicted molar refractivity (Wildman–Crippen MR) is 80.6 cm³/mol. The zero-order valence-corrected chi connectivity index (χ0v) is 12.6. The van der Waals surface area contributed by atoms with Gasteiger partial charge in [0.2, 0.25) is 0 Å². The van der Waals surface area contributed by atoms with Crippen LogP contribution in [0.2, 0.25) is 0 Å². The molecule has 1 aromatic rings. The van der Waals surface area contributed by atoms with E-state index < -0.39 is 0 Å². The van der Waals surface area contributed by atoms with E-state index in [1.165, 1.54) is 5.56 Å². The highest BCUT2D eigenvalue weighted by Crippen LogP contribution is 2.22. The molecule has 1 rings (SSSR count). The van der Waals surface area contributed by atoms with Crippen molar-refractivity contribution in [3.63, 3.8) is 0 Å². The highest BCUT2D eigenvalue weighted by molar-refractivity contribution is 5.95. The van der Waals surface area contributed by atoms with Crippen LogP contribution in [0.3, 0.4) is 0 Å². The van der Waals surface area contributed by atoms with E-state index in [0.29, 0.717) is 5.56 Å². The van der Waals surface area contributed by atoms with Gasteiger partial charge in [-0.15, -0.1) is 0 Å². The summed E-state index contributed by atoms with van der Waals surface area (Å²) in [4.78, 5) is 11.9. The second kappa shape index (κ2) is 6.50. The standard InChI is InChI=1S/C16H24N2O/c1-6-14(7-2)17-18-15(19)12-8-10-13(11-9-12)16(3,4)5/h8-11H,6-7H2,1-5H3,(H,18,19). The van der Waals surface area contributed by atoms with Crippen LogP contribution in [-0.4, -0.2) is 11.6 Å². The Labute approximate surface area is 116 Å². The van der Waals surface area contributed by atoms with Gasteiger partial charge in [0.15, 0.2) is 0 Å². The van der Waals surface area contributed by atoms with Gasteiger partial charge in [-0.25, -0.2) is 5.43 Å². The van der Waals surface area contributed by atoms with Gasteiger partial charge in [0.05, 0.1) is 0 Å². The second-order valence-corrected chi connectivity index (χ2v) is 5.65. The smallest absolute Gasteiger partial charge is 0.267 e. The fraction of sp³-hybridized carbons (Fsp3) is 0.500. The van der Waals surface area contributed by atoms with Gasteiger partial charge >= 0.3 is 0 Å². The summed E-state index contributed by atoms with van der Waals surface area (Å²) in [5.74, 6) is -0.153. The van der Waals surface area contributed by atoms with Crippen molar-refractivity contribution in [2.75, 3.05) is 0 Å². The van der Waals surface area contributed by atoms with Crippen molar-refractivity contribution >= 4 is 11.6 Å². The third kappa shape index (κ3) is 4.51. The van der Waals surface area contributed by atoms with Crippen LogP contribution < -0.4 is 5.43 Å². The van der Waals surface area contributed by atoms with Crippen LogP contribution >= 0.6 is 0 Å². The quantitative estimate of drug-likeness (QED) is 0.647. The molecule has 3 heteroatoms. The van der Waals surface area contributed by atoms with E-state index in [-0.39, 0.29) is 11.3 Å². The van der Waals surface area contributed by atoms with E-state index in [4.69, 9.17) is 0 Å². The minimum Gasteiger partial charge on any atom is -0.267 e. The summed E-state index contributed by atoms with van der Waals surface area (Å²) in [7, 11) is 0. The first-order valence-corrected chi connectivity index (χ1v) is 6.84. The molecule has 0 radical (unpaired) electrons. The monoisotopic (exact) mass is 260 g/mol. The van der Waals surface area contributed by atoms with Crippen molar-refractivity contribution in [1.29, 1.82) is 0 Å². The average molecular weight is 260 g/mol. The zero-order valence-electron chi connectivity index (χ0n) is 12.6. The van der Waals surface area contributed by atoms with Gasteiger partial charge in [-0.3, -0.25) is 4.79 Å². The zero-order chi connectivity index (χ0) is 14.5. The number of carbonyl (C=O) groups is 1. The number of benzene rings is 1. The Morgan fingerprint density at radius 2 is 1.63 bits per heavy atom. The largest absolute Gasteiger partial charge is 0.271 e. The van der Waals surface area contributed by atoms with Crippen LogP contribution in [0.15, 0.2) is 29.4 Å². The Bertz CT molecular complexity index is 447. The normalized spacial score (nSPS) is 11.0. The Kier molecular flexibility index (Phi) is 5.28. The highest BCUT2D eigenvalue weighted by Gasteiger charge is 2.14. The summed E-state index contributed by atoms with van der Waals surface area (Å²) in [5.41, 5.74) is 5.57. The van der Waals surface area contributed by atoms with Crippen molar-refractivity contribution in [3.05, 3.63) is 35.4 Å². The molecule has 0 fully saturated rings. The van der Waals surface area contributed by atoms with Crippen LogP contribution in [0.25, 0.3) is 0 Å². The number of nitrogens with zero attached hydrogens (tertiary/aromatic N) is 1. The lowest BCUT2D eigenvalue weighted by Gasteiger charge is -2.18. The molecule has 0 unspecified atom stereocenters. The Morgan fingerprint density at radius 3 is 2.05 bits per heavy atom. The molecule has 0 aliphatic carbocycles. The fourth-order valence-corrected chi connectivity index (χ4v) is 1.72. The molecule has 3 nitrogen and oxygen atoms in total. The molecule has 1 aromatic carbocycles. The first kappa shape index (κ1) is 15.4. The molecule has 0 atom stereocenters. The molecule has 0 saturated carbocycles. The lowest BCUT2D eigenvalue weighted by molar-refractivity contribution is 0.0954. The number of hydrogen-bond donors (Lipinski definition) is 1. The lowest BCUT2D eigenvalue weighted by Crippen LogP contribution is -2.20. The summed E-state index contributed by atoms with van der Waals surface area (Å²) in [6.45, 7) is 10.5. The molecule has 0 aliphatic heterocycles. The minimum atomic E-state index is -0.153. The average Bonchev–Trinajstić information content (AvgIpc) is 2.39. The maximum atomic E-state index is 11.9. The highest BCUT2D eigenvalue weighted by atomic mass is 16.2. The summed E-state index contributed by atoms with van der Waals surface area (Å²) in [6.07, 6.45) is 1.72. The van der Waals surface area contributed by atoms with Crippen LogP contribution in [0.5, 0.6) is 0 Å².